The molecule has 0 atom stereocenters. The van der Waals surface area contributed by atoms with Gasteiger partial charge >= 0.3 is 0 Å². The molecular formula is C17H24. The Kier molecular flexibility index (Phi) is 2.72. The Labute approximate surface area is 106 Å². The molecule has 1 aliphatic rings. The summed E-state index contributed by atoms with van der Waals surface area (Å²) in [6, 6.07) is 6.91. The highest BCUT2D eigenvalue weighted by molar-refractivity contribution is 5.63. The summed E-state index contributed by atoms with van der Waals surface area (Å²) in [5.41, 5.74) is 6.11. The maximum atomic E-state index is 4.06. The van der Waals surface area contributed by atoms with E-state index in [4.69, 9.17) is 0 Å². The van der Waals surface area contributed by atoms with Crippen LogP contribution in [0, 0.1) is 0 Å². The highest BCUT2D eigenvalue weighted by atomic mass is 14.4. The molecular weight excluding hydrogens is 204 g/mol. The van der Waals surface area contributed by atoms with Crippen molar-refractivity contribution in [2.75, 3.05) is 0 Å². The van der Waals surface area contributed by atoms with E-state index in [2.05, 4.69) is 59.4 Å². The number of hydrogen-bond acceptors (Lipinski definition) is 0. The summed E-state index contributed by atoms with van der Waals surface area (Å²) in [6.07, 6.45) is 2.55. The molecule has 0 radical (unpaired) electrons. The zero-order valence-electron chi connectivity index (χ0n) is 11.9. The molecule has 0 heterocycles. The molecule has 0 N–H and O–H groups in total. The standard InChI is InChI=1S/C17H24/c1-12(2)13-7-8-14-15(11-13)17(5,6)10-9-16(14,3)4/h7-8,11H,1,9-10H2,2-6H3. The normalized spacial score (nSPS) is 20.8. The van der Waals surface area contributed by atoms with E-state index in [1.54, 1.807) is 0 Å². The van der Waals surface area contributed by atoms with E-state index in [1.807, 2.05) is 0 Å². The third-order valence-corrected chi connectivity index (χ3v) is 4.35. The Balaban J connectivity index is 2.64. The van der Waals surface area contributed by atoms with Gasteiger partial charge in [0.05, 0.1) is 0 Å². The second-order valence-electron chi connectivity index (χ2n) is 6.81. The zero-order chi connectivity index (χ0) is 12.8. The van der Waals surface area contributed by atoms with Gasteiger partial charge in [0.1, 0.15) is 0 Å². The minimum Gasteiger partial charge on any atom is -0.0955 e. The van der Waals surface area contributed by atoms with E-state index >= 15 is 0 Å². The molecule has 1 aromatic rings. The first-order valence-electron chi connectivity index (χ1n) is 6.55. The first-order chi connectivity index (χ1) is 7.74. The highest BCUT2D eigenvalue weighted by Crippen LogP contribution is 2.46. The van der Waals surface area contributed by atoms with Gasteiger partial charge in [-0.1, -0.05) is 58.0 Å². The largest absolute Gasteiger partial charge is 0.0955 e. The number of fused-ring (bicyclic) bond motifs is 1. The zero-order valence-corrected chi connectivity index (χ0v) is 11.9. The van der Waals surface area contributed by atoms with E-state index < -0.39 is 0 Å². The molecule has 1 aromatic carbocycles. The molecule has 0 unspecified atom stereocenters. The summed E-state index contributed by atoms with van der Waals surface area (Å²) < 4.78 is 0. The van der Waals surface area contributed by atoms with Crippen molar-refractivity contribution in [1.82, 2.24) is 0 Å². The topological polar surface area (TPSA) is 0 Å². The van der Waals surface area contributed by atoms with Crippen molar-refractivity contribution in [3.63, 3.8) is 0 Å². The predicted octanol–water partition coefficient (Wildman–Crippen LogP) is 5.07. The third kappa shape index (κ3) is 2.06. The molecule has 0 heteroatoms. The summed E-state index contributed by atoms with van der Waals surface area (Å²) in [6.45, 7) is 15.6. The van der Waals surface area contributed by atoms with Crippen LogP contribution in [0.3, 0.4) is 0 Å². The SMILES string of the molecule is C=C(C)c1ccc2c(c1)C(C)(C)CCC2(C)C. The lowest BCUT2D eigenvalue weighted by Crippen LogP contribution is -2.33. The average molecular weight is 228 g/mol. The summed E-state index contributed by atoms with van der Waals surface area (Å²) in [5, 5.41) is 0. The van der Waals surface area contributed by atoms with Crippen LogP contribution in [0.25, 0.3) is 5.57 Å². The van der Waals surface area contributed by atoms with E-state index in [-0.39, 0.29) is 0 Å². The van der Waals surface area contributed by atoms with Gasteiger partial charge in [-0.3, -0.25) is 0 Å². The number of rotatable bonds is 1. The summed E-state index contributed by atoms with van der Waals surface area (Å²) in [5.74, 6) is 0. The lowest BCUT2D eigenvalue weighted by molar-refractivity contribution is 0.332. The molecule has 0 spiro atoms. The van der Waals surface area contributed by atoms with Crippen molar-refractivity contribution in [3.05, 3.63) is 41.5 Å². The summed E-state index contributed by atoms with van der Waals surface area (Å²) >= 11 is 0. The van der Waals surface area contributed by atoms with Crippen molar-refractivity contribution >= 4 is 5.57 Å². The first kappa shape index (κ1) is 12.4. The quantitative estimate of drug-likeness (QED) is 0.629. The lowest BCUT2D eigenvalue weighted by Gasteiger charge is -2.42. The minimum absolute atomic E-state index is 0.302. The number of hydrogen-bond donors (Lipinski definition) is 0. The molecule has 0 aromatic heterocycles. The van der Waals surface area contributed by atoms with E-state index in [1.165, 1.54) is 29.5 Å². The van der Waals surface area contributed by atoms with Crippen LogP contribution in [0.5, 0.6) is 0 Å². The van der Waals surface area contributed by atoms with Gasteiger partial charge in [-0.25, -0.2) is 0 Å². The van der Waals surface area contributed by atoms with Gasteiger partial charge in [-0.05, 0) is 47.3 Å². The lowest BCUT2D eigenvalue weighted by atomic mass is 9.63. The van der Waals surface area contributed by atoms with Gasteiger partial charge in [-0.15, -0.1) is 0 Å². The molecule has 17 heavy (non-hydrogen) atoms. The Morgan fingerprint density at radius 1 is 1.00 bits per heavy atom. The maximum Gasteiger partial charge on any atom is -0.0100 e. The van der Waals surface area contributed by atoms with Crippen molar-refractivity contribution < 1.29 is 0 Å². The molecule has 0 aliphatic heterocycles. The van der Waals surface area contributed by atoms with Gasteiger partial charge in [0.15, 0.2) is 0 Å². The summed E-state index contributed by atoms with van der Waals surface area (Å²) in [4.78, 5) is 0. The van der Waals surface area contributed by atoms with Crippen molar-refractivity contribution in [3.8, 4) is 0 Å². The highest BCUT2D eigenvalue weighted by Gasteiger charge is 2.36. The first-order valence-corrected chi connectivity index (χ1v) is 6.55. The van der Waals surface area contributed by atoms with Crippen LogP contribution >= 0.6 is 0 Å². The van der Waals surface area contributed by atoms with E-state index in [0.717, 1.165) is 5.57 Å². The average Bonchev–Trinajstić information content (AvgIpc) is 2.24. The van der Waals surface area contributed by atoms with Gasteiger partial charge in [-0.2, -0.15) is 0 Å². The summed E-state index contributed by atoms with van der Waals surface area (Å²) in [7, 11) is 0. The van der Waals surface area contributed by atoms with Crippen LogP contribution in [0.2, 0.25) is 0 Å². The van der Waals surface area contributed by atoms with E-state index in [0.29, 0.717) is 10.8 Å². The fraction of sp³-hybridized carbons (Fsp3) is 0.529. The van der Waals surface area contributed by atoms with Crippen LogP contribution in [-0.2, 0) is 10.8 Å². The van der Waals surface area contributed by atoms with Crippen LogP contribution in [0.15, 0.2) is 24.8 Å². The molecule has 0 nitrogen and oxygen atoms in total. The second kappa shape index (κ2) is 3.73. The van der Waals surface area contributed by atoms with Gasteiger partial charge in [0, 0.05) is 0 Å². The van der Waals surface area contributed by atoms with Crippen LogP contribution in [-0.4, -0.2) is 0 Å². The molecule has 0 amide bonds. The van der Waals surface area contributed by atoms with E-state index in [9.17, 15) is 0 Å². The van der Waals surface area contributed by atoms with Crippen molar-refractivity contribution in [1.29, 1.82) is 0 Å². The van der Waals surface area contributed by atoms with Gasteiger partial charge < -0.3 is 0 Å². The predicted molar refractivity (Wildman–Crippen MR) is 76.4 cm³/mol. The van der Waals surface area contributed by atoms with Gasteiger partial charge in [0.2, 0.25) is 0 Å². The van der Waals surface area contributed by atoms with Crippen molar-refractivity contribution in [2.45, 2.75) is 58.3 Å². The maximum absolute atomic E-state index is 4.06. The Morgan fingerprint density at radius 2 is 1.53 bits per heavy atom. The molecule has 1 aliphatic carbocycles. The minimum atomic E-state index is 0.302. The molecule has 92 valence electrons. The molecule has 0 bridgehead atoms. The Hall–Kier alpha value is -1.04. The number of benzene rings is 1. The second-order valence-corrected chi connectivity index (χ2v) is 6.81. The van der Waals surface area contributed by atoms with Crippen LogP contribution in [0.1, 0.15) is 64.2 Å². The molecule has 0 fully saturated rings. The van der Waals surface area contributed by atoms with Gasteiger partial charge in [0.25, 0.3) is 0 Å². The van der Waals surface area contributed by atoms with Crippen molar-refractivity contribution in [2.24, 2.45) is 0 Å². The van der Waals surface area contributed by atoms with Crippen LogP contribution < -0.4 is 0 Å². The Bertz CT molecular complexity index is 461. The number of allylic oxidation sites excluding steroid dienone is 1. The monoisotopic (exact) mass is 228 g/mol. The molecule has 2 rings (SSSR count). The molecule has 0 saturated carbocycles. The fourth-order valence-corrected chi connectivity index (χ4v) is 2.85. The third-order valence-electron chi connectivity index (χ3n) is 4.35. The van der Waals surface area contributed by atoms with Crippen LogP contribution in [0.4, 0.5) is 0 Å². The Morgan fingerprint density at radius 3 is 2.06 bits per heavy atom. The fourth-order valence-electron chi connectivity index (χ4n) is 2.85. The smallest absolute Gasteiger partial charge is 0.0100 e. The molecule has 0 saturated heterocycles.